The maximum Gasteiger partial charge on any atom is 0.251 e. The molecule has 3 aromatic rings. The highest BCUT2D eigenvalue weighted by Gasteiger charge is 2.43. The molecule has 0 spiro atoms. The van der Waals surface area contributed by atoms with Gasteiger partial charge in [0.15, 0.2) is 0 Å². The summed E-state index contributed by atoms with van der Waals surface area (Å²) in [4.78, 5) is 63.0. The van der Waals surface area contributed by atoms with Gasteiger partial charge in [-0.3, -0.25) is 24.2 Å². The molecule has 0 saturated carbocycles. The number of benzene rings is 1. The fourth-order valence-electron chi connectivity index (χ4n) is 6.11. The first-order chi connectivity index (χ1) is 20.2. The van der Waals surface area contributed by atoms with Crippen LogP contribution in [-0.2, 0) is 20.8 Å². The molecule has 4 heterocycles. The second kappa shape index (κ2) is 12.8. The third-order valence-electron chi connectivity index (χ3n) is 8.53. The van der Waals surface area contributed by atoms with Gasteiger partial charge in [-0.05, 0) is 54.9 Å². The largest absolute Gasteiger partial charge is 0.361 e. The maximum atomic E-state index is 14.3. The summed E-state index contributed by atoms with van der Waals surface area (Å²) in [7, 11) is 0. The van der Waals surface area contributed by atoms with Crippen molar-refractivity contribution in [3.63, 3.8) is 0 Å². The topological polar surface area (TPSA) is 136 Å². The average Bonchev–Trinajstić information content (AvgIpc) is 3.58. The lowest BCUT2D eigenvalue weighted by Crippen LogP contribution is -2.55. The van der Waals surface area contributed by atoms with E-state index in [9.17, 15) is 19.2 Å². The van der Waals surface area contributed by atoms with Gasteiger partial charge >= 0.3 is 0 Å². The van der Waals surface area contributed by atoms with Crippen molar-refractivity contribution >= 4 is 34.5 Å². The van der Waals surface area contributed by atoms with E-state index in [0.717, 1.165) is 29.3 Å². The van der Waals surface area contributed by atoms with Crippen molar-refractivity contribution in [1.82, 2.24) is 30.8 Å². The third-order valence-corrected chi connectivity index (χ3v) is 8.53. The number of amides is 4. The van der Waals surface area contributed by atoms with E-state index >= 15 is 0 Å². The van der Waals surface area contributed by atoms with Crippen LogP contribution in [0.3, 0.4) is 0 Å². The Bertz CT molecular complexity index is 1440. The predicted octanol–water partition coefficient (Wildman–Crippen LogP) is 2.95. The molecule has 10 nitrogen and oxygen atoms in total. The number of fused-ring (bicyclic) bond motifs is 2. The number of carbonyl (C=O) groups excluding carboxylic acids is 4. The molecule has 10 heteroatoms. The number of nitrogens with zero attached hydrogens (tertiary/aromatic N) is 2. The minimum atomic E-state index is -0.865. The Hall–Kier alpha value is -4.21. The molecule has 0 radical (unpaired) electrons. The van der Waals surface area contributed by atoms with Crippen LogP contribution in [0, 0.1) is 11.8 Å². The number of aromatic nitrogens is 2. The number of hydrogen-bond acceptors (Lipinski definition) is 5. The Labute approximate surface area is 246 Å². The molecule has 4 N–H and O–H groups in total. The fourth-order valence-corrected chi connectivity index (χ4v) is 6.11. The Kier molecular flexibility index (Phi) is 8.89. The summed E-state index contributed by atoms with van der Waals surface area (Å²) in [5.41, 5.74) is 2.31. The van der Waals surface area contributed by atoms with Gasteiger partial charge in [0.1, 0.15) is 12.1 Å². The molecular formula is C32H40N6O4. The van der Waals surface area contributed by atoms with E-state index in [1.807, 2.05) is 37.4 Å². The van der Waals surface area contributed by atoms with Crippen LogP contribution in [0.15, 0.2) is 55.0 Å². The van der Waals surface area contributed by atoms with E-state index in [1.54, 1.807) is 29.4 Å². The van der Waals surface area contributed by atoms with Crippen molar-refractivity contribution < 1.29 is 19.2 Å². The number of rotatable bonds is 5. The molecule has 0 unspecified atom stereocenters. The summed E-state index contributed by atoms with van der Waals surface area (Å²) in [6.07, 6.45) is 7.32. The van der Waals surface area contributed by atoms with Gasteiger partial charge in [-0.2, -0.15) is 0 Å². The predicted molar refractivity (Wildman–Crippen MR) is 159 cm³/mol. The Morgan fingerprint density at radius 2 is 1.83 bits per heavy atom. The Morgan fingerprint density at radius 1 is 1.07 bits per heavy atom. The zero-order chi connectivity index (χ0) is 29.8. The van der Waals surface area contributed by atoms with Crippen molar-refractivity contribution in [3.8, 4) is 0 Å². The van der Waals surface area contributed by atoms with Crippen molar-refractivity contribution in [1.29, 1.82) is 0 Å². The van der Waals surface area contributed by atoms with Crippen molar-refractivity contribution in [2.24, 2.45) is 11.8 Å². The van der Waals surface area contributed by atoms with Crippen LogP contribution in [0.1, 0.15) is 62.4 Å². The molecule has 42 heavy (non-hydrogen) atoms. The maximum absolute atomic E-state index is 14.3. The van der Waals surface area contributed by atoms with E-state index in [4.69, 9.17) is 0 Å². The molecule has 5 atom stereocenters. The van der Waals surface area contributed by atoms with Gasteiger partial charge in [0, 0.05) is 66.5 Å². The van der Waals surface area contributed by atoms with E-state index < -0.39 is 18.1 Å². The van der Waals surface area contributed by atoms with Crippen LogP contribution < -0.4 is 16.0 Å². The van der Waals surface area contributed by atoms with Gasteiger partial charge in [-0.15, -0.1) is 0 Å². The van der Waals surface area contributed by atoms with Crippen LogP contribution in [0.25, 0.3) is 10.9 Å². The molecule has 2 aromatic heterocycles. The van der Waals surface area contributed by atoms with Crippen LogP contribution in [0.2, 0.25) is 0 Å². The summed E-state index contributed by atoms with van der Waals surface area (Å²) in [5, 5.41) is 10.2. The highest BCUT2D eigenvalue weighted by molar-refractivity contribution is 5.96. The third kappa shape index (κ3) is 6.64. The summed E-state index contributed by atoms with van der Waals surface area (Å²) < 4.78 is 0. The van der Waals surface area contributed by atoms with Gasteiger partial charge in [0.05, 0.1) is 0 Å². The lowest BCUT2D eigenvalue weighted by Gasteiger charge is -2.30. The summed E-state index contributed by atoms with van der Waals surface area (Å²) in [6, 6.07) is 8.91. The summed E-state index contributed by atoms with van der Waals surface area (Å²) in [6.45, 7) is 6.32. The van der Waals surface area contributed by atoms with E-state index in [-0.39, 0.29) is 60.9 Å². The van der Waals surface area contributed by atoms with E-state index in [2.05, 4.69) is 39.8 Å². The highest BCUT2D eigenvalue weighted by atomic mass is 16.2. The molecule has 222 valence electrons. The van der Waals surface area contributed by atoms with E-state index in [0.29, 0.717) is 12.0 Å². The number of para-hydroxylation sites is 1. The van der Waals surface area contributed by atoms with Crippen LogP contribution in [0.4, 0.5) is 0 Å². The monoisotopic (exact) mass is 572 g/mol. The normalized spacial score (nSPS) is 25.7. The number of nitrogens with one attached hydrogen (secondary N) is 4. The zero-order valence-corrected chi connectivity index (χ0v) is 24.4. The second-order valence-electron chi connectivity index (χ2n) is 12.1. The standard InChI is InChI=1S/C32H40N6O4/c1-19(2)25-9-8-20(3)14-29(39)36-27(15-22-17-34-26-7-5-4-6-24(22)26)32(42)38-18-23(16-28(38)31(41)37-25)35-30(40)21-10-12-33-13-11-21/h4-7,10-13,17,19-20,23,25,27-28,34H,8-9,14-16,18H2,1-3H3,(H,35,40)(H,36,39)(H,37,41)/t20-,23-,25+,27-,28+/m1/s1. The highest BCUT2D eigenvalue weighted by Crippen LogP contribution is 2.25. The molecule has 5 rings (SSSR count). The molecule has 0 aliphatic carbocycles. The number of carbonyl (C=O) groups is 4. The Balaban J connectivity index is 1.45. The van der Waals surface area contributed by atoms with Crippen LogP contribution >= 0.6 is 0 Å². The number of pyridine rings is 1. The van der Waals surface area contributed by atoms with Gasteiger partial charge in [-0.1, -0.05) is 39.0 Å². The molecule has 1 aromatic carbocycles. The smallest absolute Gasteiger partial charge is 0.251 e. The molecule has 2 aliphatic rings. The summed E-state index contributed by atoms with van der Waals surface area (Å²) >= 11 is 0. The quantitative estimate of drug-likeness (QED) is 0.373. The first kappa shape index (κ1) is 29.3. The second-order valence-corrected chi connectivity index (χ2v) is 12.1. The van der Waals surface area contributed by atoms with Gasteiger partial charge < -0.3 is 25.8 Å². The minimum absolute atomic E-state index is 0.0896. The van der Waals surface area contributed by atoms with Crippen LogP contribution in [0.5, 0.6) is 0 Å². The first-order valence-corrected chi connectivity index (χ1v) is 14.9. The van der Waals surface area contributed by atoms with Gasteiger partial charge in [-0.25, -0.2) is 0 Å². The Morgan fingerprint density at radius 3 is 2.60 bits per heavy atom. The average molecular weight is 573 g/mol. The SMILES string of the molecule is CC(C)[C@@H]1CC[C@@H](C)CC(=O)N[C@H](Cc2c[nH]c3ccccc23)C(=O)N2C[C@H](NC(=O)c3ccncc3)C[C@H]2C(=O)N1. The van der Waals surface area contributed by atoms with Crippen molar-refractivity contribution in [3.05, 3.63) is 66.1 Å². The molecule has 4 amide bonds. The molecule has 2 fully saturated rings. The van der Waals surface area contributed by atoms with Crippen molar-refractivity contribution in [2.75, 3.05) is 6.54 Å². The van der Waals surface area contributed by atoms with E-state index in [1.165, 1.54) is 0 Å². The van der Waals surface area contributed by atoms with Gasteiger partial charge in [0.25, 0.3) is 5.91 Å². The summed E-state index contributed by atoms with van der Waals surface area (Å²) in [5.74, 6) is -0.751. The molecule has 0 bridgehead atoms. The first-order valence-electron chi connectivity index (χ1n) is 14.9. The molecule has 2 aliphatic heterocycles. The van der Waals surface area contributed by atoms with Crippen molar-refractivity contribution in [2.45, 2.75) is 77.0 Å². The van der Waals surface area contributed by atoms with Gasteiger partial charge in [0.2, 0.25) is 17.7 Å². The number of aromatic amines is 1. The molecular weight excluding hydrogens is 532 g/mol. The lowest BCUT2D eigenvalue weighted by atomic mass is 9.92. The van der Waals surface area contributed by atoms with Crippen LogP contribution in [-0.4, -0.2) is 69.2 Å². The zero-order valence-electron chi connectivity index (χ0n) is 24.4. The molecule has 2 saturated heterocycles. The number of H-pyrrole nitrogens is 1. The fraction of sp³-hybridized carbons (Fsp3) is 0.469. The lowest BCUT2D eigenvalue weighted by molar-refractivity contribution is -0.141. The number of hydrogen-bond donors (Lipinski definition) is 4. The minimum Gasteiger partial charge on any atom is -0.361 e.